The van der Waals surface area contributed by atoms with Crippen molar-refractivity contribution in [2.45, 2.75) is 13.0 Å². The Morgan fingerprint density at radius 1 is 1.82 bits per heavy atom. The number of hydrogen-bond acceptors (Lipinski definition) is 3. The summed E-state index contributed by atoms with van der Waals surface area (Å²) in [5.74, 6) is 2.44. The van der Waals surface area contributed by atoms with Crippen molar-refractivity contribution in [3.63, 3.8) is 0 Å². The zero-order chi connectivity index (χ0) is 8.27. The predicted octanol–water partition coefficient (Wildman–Crippen LogP) is 1.84. The lowest BCUT2D eigenvalue weighted by Crippen LogP contribution is -2.11. The van der Waals surface area contributed by atoms with Gasteiger partial charge in [0.05, 0.1) is 11.8 Å². The van der Waals surface area contributed by atoms with E-state index in [2.05, 4.69) is 11.0 Å². The molecule has 56 valence electrons. The summed E-state index contributed by atoms with van der Waals surface area (Å²) in [6.45, 7) is 1.82. The maximum Gasteiger partial charge on any atom is 0.130 e. The van der Waals surface area contributed by atoms with Gasteiger partial charge < -0.3 is 4.74 Å². The van der Waals surface area contributed by atoms with E-state index in [1.54, 1.807) is 6.08 Å². The lowest BCUT2D eigenvalue weighted by atomic mass is 10.1. The molecule has 1 heterocycles. The van der Waals surface area contributed by atoms with Crippen LogP contribution >= 0.6 is 0 Å². The lowest BCUT2D eigenvalue weighted by molar-refractivity contribution is 0.191. The Balaban J connectivity index is 3.07. The second-order valence-corrected chi connectivity index (χ2v) is 2.14. The van der Waals surface area contributed by atoms with Gasteiger partial charge in [-0.3, -0.25) is 0 Å². The summed E-state index contributed by atoms with van der Waals surface area (Å²) < 4.78 is 5.09. The summed E-state index contributed by atoms with van der Waals surface area (Å²) in [5, 5.41) is 3.27. The normalized spacial score (nSPS) is 22.4. The first-order chi connectivity index (χ1) is 5.29. The Hall–Kier alpha value is -1.56. The highest BCUT2D eigenvalue weighted by atomic mass is 16.5. The van der Waals surface area contributed by atoms with Gasteiger partial charge in [-0.05, 0) is 6.92 Å². The van der Waals surface area contributed by atoms with E-state index in [-0.39, 0.29) is 6.10 Å². The molecule has 0 aromatic heterocycles. The summed E-state index contributed by atoms with van der Waals surface area (Å²) in [6, 6.07) is 0. The number of hydrogen-bond donors (Lipinski definition) is 1. The summed E-state index contributed by atoms with van der Waals surface area (Å²) in [4.78, 5) is 0. The zero-order valence-electron chi connectivity index (χ0n) is 6.16. The van der Waals surface area contributed by atoms with E-state index in [9.17, 15) is 0 Å². The molecular formula is C8H8N2O. The highest BCUT2D eigenvalue weighted by molar-refractivity contribution is 5.40. The van der Waals surface area contributed by atoms with Gasteiger partial charge in [-0.15, -0.1) is 6.42 Å². The van der Waals surface area contributed by atoms with Crippen molar-refractivity contribution in [1.29, 1.82) is 5.53 Å². The highest BCUT2D eigenvalue weighted by Gasteiger charge is 2.14. The van der Waals surface area contributed by atoms with E-state index in [1.165, 1.54) is 6.26 Å². The maximum atomic E-state index is 6.79. The van der Waals surface area contributed by atoms with Crippen molar-refractivity contribution in [2.24, 2.45) is 5.11 Å². The first kappa shape index (κ1) is 7.55. The molecule has 0 saturated carbocycles. The van der Waals surface area contributed by atoms with Gasteiger partial charge in [0, 0.05) is 6.08 Å². The molecule has 1 rings (SSSR count). The molecule has 3 heteroatoms. The minimum absolute atomic E-state index is 0.158. The smallest absolute Gasteiger partial charge is 0.130 e. The Labute approximate surface area is 65.3 Å². The molecule has 0 aromatic carbocycles. The fourth-order valence-electron chi connectivity index (χ4n) is 0.876. The van der Waals surface area contributed by atoms with Crippen molar-refractivity contribution in [3.05, 3.63) is 23.6 Å². The Bertz CT molecular complexity index is 270. The standard InChI is InChI=1S/C8H8N2O/c1-3-7-6(2)11-5-4-8(7)10-9/h1,4-6,9H,2H3. The van der Waals surface area contributed by atoms with E-state index in [0.29, 0.717) is 11.3 Å². The molecule has 0 saturated heterocycles. The average Bonchev–Trinajstić information content (AvgIpc) is 2.04. The summed E-state index contributed by atoms with van der Waals surface area (Å²) in [7, 11) is 0. The quantitative estimate of drug-likeness (QED) is 0.447. The molecule has 0 aliphatic carbocycles. The Morgan fingerprint density at radius 2 is 2.55 bits per heavy atom. The molecule has 11 heavy (non-hydrogen) atoms. The van der Waals surface area contributed by atoms with Gasteiger partial charge in [-0.25, -0.2) is 5.53 Å². The molecule has 1 aliphatic heterocycles. The number of nitrogens with zero attached hydrogens (tertiary/aromatic N) is 1. The van der Waals surface area contributed by atoms with E-state index in [1.807, 2.05) is 6.92 Å². The number of allylic oxidation sites excluding steroid dienone is 1. The lowest BCUT2D eigenvalue weighted by Gasteiger charge is -2.15. The predicted molar refractivity (Wildman–Crippen MR) is 40.7 cm³/mol. The van der Waals surface area contributed by atoms with Crippen LogP contribution in [-0.4, -0.2) is 6.10 Å². The van der Waals surface area contributed by atoms with Crippen LogP contribution in [0.1, 0.15) is 6.92 Å². The highest BCUT2D eigenvalue weighted by Crippen LogP contribution is 2.18. The second kappa shape index (κ2) is 3.02. The monoisotopic (exact) mass is 148 g/mol. The van der Waals surface area contributed by atoms with E-state index in [4.69, 9.17) is 16.7 Å². The summed E-state index contributed by atoms with van der Waals surface area (Å²) in [5.41, 5.74) is 7.92. The third-order valence-electron chi connectivity index (χ3n) is 1.47. The fourth-order valence-corrected chi connectivity index (χ4v) is 0.876. The molecule has 1 aliphatic rings. The van der Waals surface area contributed by atoms with Gasteiger partial charge in [-0.1, -0.05) is 5.92 Å². The molecule has 1 unspecified atom stereocenters. The van der Waals surface area contributed by atoms with Crippen LogP contribution in [0.5, 0.6) is 0 Å². The molecule has 0 bridgehead atoms. The van der Waals surface area contributed by atoms with Gasteiger partial charge in [0.2, 0.25) is 0 Å². The van der Waals surface area contributed by atoms with Crippen molar-refractivity contribution in [2.75, 3.05) is 0 Å². The zero-order valence-corrected chi connectivity index (χ0v) is 6.16. The molecule has 0 amide bonds. The van der Waals surface area contributed by atoms with Gasteiger partial charge in [0.25, 0.3) is 0 Å². The average molecular weight is 148 g/mol. The van der Waals surface area contributed by atoms with Gasteiger partial charge in [-0.2, -0.15) is 5.11 Å². The minimum atomic E-state index is -0.158. The van der Waals surface area contributed by atoms with Crippen molar-refractivity contribution >= 4 is 0 Å². The summed E-state index contributed by atoms with van der Waals surface area (Å²) >= 11 is 0. The SMILES string of the molecule is C#CC1=C(N=N)C=COC1C. The van der Waals surface area contributed by atoms with Crippen LogP contribution in [-0.2, 0) is 4.74 Å². The molecular weight excluding hydrogens is 140 g/mol. The number of ether oxygens (including phenoxy) is 1. The number of terminal acetylenes is 1. The second-order valence-electron chi connectivity index (χ2n) is 2.14. The number of rotatable bonds is 1. The van der Waals surface area contributed by atoms with Crippen LogP contribution in [0, 0.1) is 17.9 Å². The molecule has 1 atom stereocenters. The summed E-state index contributed by atoms with van der Waals surface area (Å²) in [6.07, 6.45) is 8.12. The minimum Gasteiger partial charge on any atom is -0.493 e. The molecule has 0 radical (unpaired) electrons. The van der Waals surface area contributed by atoms with Crippen LogP contribution < -0.4 is 0 Å². The molecule has 3 nitrogen and oxygen atoms in total. The van der Waals surface area contributed by atoms with Crippen LogP contribution in [0.15, 0.2) is 28.7 Å². The van der Waals surface area contributed by atoms with Gasteiger partial charge in [0.15, 0.2) is 0 Å². The Kier molecular flexibility index (Phi) is 2.07. The maximum absolute atomic E-state index is 6.79. The number of nitrogens with one attached hydrogen (secondary N) is 1. The van der Waals surface area contributed by atoms with Gasteiger partial charge in [0.1, 0.15) is 11.8 Å². The molecule has 1 N–H and O–H groups in total. The van der Waals surface area contributed by atoms with Crippen LogP contribution in [0.25, 0.3) is 0 Å². The van der Waals surface area contributed by atoms with Crippen molar-refractivity contribution < 1.29 is 4.74 Å². The fraction of sp³-hybridized carbons (Fsp3) is 0.250. The molecule has 0 spiro atoms. The Morgan fingerprint density at radius 3 is 3.00 bits per heavy atom. The van der Waals surface area contributed by atoms with Crippen LogP contribution in [0.4, 0.5) is 0 Å². The van der Waals surface area contributed by atoms with Crippen LogP contribution in [0.2, 0.25) is 0 Å². The first-order valence-electron chi connectivity index (χ1n) is 3.20. The third-order valence-corrected chi connectivity index (χ3v) is 1.47. The van der Waals surface area contributed by atoms with E-state index in [0.717, 1.165) is 0 Å². The largest absolute Gasteiger partial charge is 0.493 e. The third kappa shape index (κ3) is 1.30. The molecule has 0 fully saturated rings. The molecule has 0 aromatic rings. The van der Waals surface area contributed by atoms with Gasteiger partial charge >= 0.3 is 0 Å². The van der Waals surface area contributed by atoms with Crippen LogP contribution in [0.3, 0.4) is 0 Å². The van der Waals surface area contributed by atoms with E-state index < -0.39 is 0 Å². The topological polar surface area (TPSA) is 45.4 Å². The van der Waals surface area contributed by atoms with Crippen molar-refractivity contribution in [1.82, 2.24) is 0 Å². The van der Waals surface area contributed by atoms with E-state index >= 15 is 0 Å². The van der Waals surface area contributed by atoms with Crippen molar-refractivity contribution in [3.8, 4) is 12.3 Å². The first-order valence-corrected chi connectivity index (χ1v) is 3.20.